The molecule has 0 radical (unpaired) electrons. The van der Waals surface area contributed by atoms with Gasteiger partial charge in [-0.1, -0.05) is 51.5 Å². The molecular weight excluding hydrogens is 391 g/mol. The summed E-state index contributed by atoms with van der Waals surface area (Å²) >= 11 is 2.09. The molecule has 0 fully saturated rings. The number of rotatable bonds is 5. The van der Waals surface area contributed by atoms with Crippen molar-refractivity contribution < 1.29 is 8.42 Å². The van der Waals surface area contributed by atoms with Gasteiger partial charge in [0.05, 0.1) is 11.4 Å². The van der Waals surface area contributed by atoms with E-state index in [9.17, 15) is 8.42 Å². The second kappa shape index (κ2) is 6.44. The third kappa shape index (κ3) is 3.42. The van der Waals surface area contributed by atoms with Crippen LogP contribution in [0.1, 0.15) is 13.3 Å². The summed E-state index contributed by atoms with van der Waals surface area (Å²) in [6.07, 6.45) is 0.465. The van der Waals surface area contributed by atoms with E-state index in [2.05, 4.69) is 38.1 Å². The lowest BCUT2D eigenvalue weighted by Crippen LogP contribution is -2.14. The Balaban J connectivity index is 2.32. The third-order valence-electron chi connectivity index (χ3n) is 2.67. The molecular formula is C12H13IN4O2S. The highest BCUT2D eigenvalue weighted by atomic mass is 127. The minimum atomic E-state index is -3.52. The molecule has 1 aromatic carbocycles. The van der Waals surface area contributed by atoms with Gasteiger partial charge in [0, 0.05) is 0 Å². The van der Waals surface area contributed by atoms with E-state index in [1.54, 1.807) is 24.3 Å². The Bertz CT molecular complexity index is 710. The fourth-order valence-corrected chi connectivity index (χ4v) is 3.20. The van der Waals surface area contributed by atoms with Gasteiger partial charge in [0.2, 0.25) is 9.84 Å². The average Bonchev–Trinajstić information content (AvgIpc) is 2.96. The summed E-state index contributed by atoms with van der Waals surface area (Å²) in [6.45, 7) is 1.89. The third-order valence-corrected chi connectivity index (χ3v) is 5.29. The van der Waals surface area contributed by atoms with E-state index >= 15 is 0 Å². The van der Waals surface area contributed by atoms with Gasteiger partial charge in [0.25, 0.3) is 5.16 Å². The van der Waals surface area contributed by atoms with Crippen LogP contribution in [0.4, 0.5) is 0 Å². The van der Waals surface area contributed by atoms with Gasteiger partial charge in [-0.15, -0.1) is 0 Å². The van der Waals surface area contributed by atoms with E-state index in [0.29, 0.717) is 12.1 Å². The van der Waals surface area contributed by atoms with Crippen LogP contribution < -0.4 is 0 Å². The van der Waals surface area contributed by atoms with Crippen molar-refractivity contribution in [2.45, 2.75) is 18.5 Å². The number of hydrogen-bond donors (Lipinski definition) is 0. The second-order valence-electron chi connectivity index (χ2n) is 4.23. The van der Waals surface area contributed by atoms with Crippen molar-refractivity contribution in [3.8, 4) is 5.69 Å². The first-order valence-corrected chi connectivity index (χ1v) is 8.77. The topological polar surface area (TPSA) is 77.7 Å². The Kier molecular flexibility index (Phi) is 4.86. The van der Waals surface area contributed by atoms with E-state index in [-0.39, 0.29) is 10.9 Å². The summed E-state index contributed by atoms with van der Waals surface area (Å²) < 4.78 is 27.7. The molecule has 1 aromatic heterocycles. The standard InChI is InChI=1S/C12H13IN4O2S/c1-10(9-13)7-8-20(18,19)12-14-15-16-17(12)11-5-3-2-4-6-11/h2-6,9H,7-8H2,1H3/b10-9+. The molecule has 8 heteroatoms. The highest BCUT2D eigenvalue weighted by Gasteiger charge is 2.23. The summed E-state index contributed by atoms with van der Waals surface area (Å²) in [4.78, 5) is 0. The number of allylic oxidation sites excluding steroid dienone is 1. The van der Waals surface area contributed by atoms with Gasteiger partial charge in [-0.25, -0.2) is 8.42 Å². The van der Waals surface area contributed by atoms with Crippen molar-refractivity contribution in [3.05, 3.63) is 40.0 Å². The van der Waals surface area contributed by atoms with Gasteiger partial charge in [0.15, 0.2) is 0 Å². The number of tetrazole rings is 1. The van der Waals surface area contributed by atoms with Gasteiger partial charge >= 0.3 is 0 Å². The molecule has 0 amide bonds. The number of halogens is 1. The van der Waals surface area contributed by atoms with E-state index in [1.807, 2.05) is 17.1 Å². The fraction of sp³-hybridized carbons (Fsp3) is 0.250. The van der Waals surface area contributed by atoms with Crippen molar-refractivity contribution in [3.63, 3.8) is 0 Å². The molecule has 0 saturated heterocycles. The van der Waals surface area contributed by atoms with E-state index < -0.39 is 9.84 Å². The number of sulfone groups is 1. The van der Waals surface area contributed by atoms with Gasteiger partial charge in [-0.3, -0.25) is 0 Å². The maximum absolute atomic E-state index is 12.3. The molecule has 2 aromatic rings. The minimum absolute atomic E-state index is 0.00839. The molecule has 0 N–H and O–H groups in total. The van der Waals surface area contributed by atoms with Gasteiger partial charge in [-0.2, -0.15) is 4.68 Å². The number of hydrogen-bond acceptors (Lipinski definition) is 5. The highest BCUT2D eigenvalue weighted by molar-refractivity contribution is 14.1. The predicted octanol–water partition coefficient (Wildman–Crippen LogP) is 2.16. The molecule has 6 nitrogen and oxygen atoms in total. The molecule has 0 aliphatic rings. The zero-order valence-electron chi connectivity index (χ0n) is 10.8. The maximum atomic E-state index is 12.3. The Morgan fingerprint density at radius 2 is 2.05 bits per heavy atom. The van der Waals surface area contributed by atoms with Crippen LogP contribution in [-0.2, 0) is 9.84 Å². The van der Waals surface area contributed by atoms with Crippen molar-refractivity contribution in [2.24, 2.45) is 0 Å². The zero-order chi connectivity index (χ0) is 14.6. The van der Waals surface area contributed by atoms with Gasteiger partial charge in [0.1, 0.15) is 0 Å². The van der Waals surface area contributed by atoms with Crippen LogP contribution in [0, 0.1) is 0 Å². The molecule has 1 heterocycles. The van der Waals surface area contributed by atoms with Crippen molar-refractivity contribution in [1.82, 2.24) is 20.2 Å². The average molecular weight is 404 g/mol. The lowest BCUT2D eigenvalue weighted by Gasteiger charge is -2.05. The molecule has 0 atom stereocenters. The Morgan fingerprint density at radius 3 is 2.70 bits per heavy atom. The van der Waals surface area contributed by atoms with Crippen molar-refractivity contribution >= 4 is 32.4 Å². The Morgan fingerprint density at radius 1 is 1.35 bits per heavy atom. The largest absolute Gasteiger partial charge is 0.272 e. The second-order valence-corrected chi connectivity index (χ2v) is 6.86. The summed E-state index contributed by atoms with van der Waals surface area (Å²) in [6, 6.07) is 8.96. The minimum Gasteiger partial charge on any atom is -0.220 e. The molecule has 0 saturated carbocycles. The quantitative estimate of drug-likeness (QED) is 0.714. The maximum Gasteiger partial charge on any atom is 0.272 e. The first kappa shape index (κ1) is 15.1. The van der Waals surface area contributed by atoms with E-state index in [0.717, 1.165) is 5.57 Å². The van der Waals surface area contributed by atoms with Crippen LogP contribution in [0.25, 0.3) is 5.69 Å². The van der Waals surface area contributed by atoms with Crippen LogP contribution in [0.2, 0.25) is 0 Å². The monoisotopic (exact) mass is 404 g/mol. The summed E-state index contributed by atoms with van der Waals surface area (Å²) in [7, 11) is -3.52. The van der Waals surface area contributed by atoms with Gasteiger partial charge < -0.3 is 0 Å². The first-order valence-electron chi connectivity index (χ1n) is 5.87. The summed E-state index contributed by atoms with van der Waals surface area (Å²) in [5.41, 5.74) is 1.63. The highest BCUT2D eigenvalue weighted by Crippen LogP contribution is 2.15. The number of para-hydroxylation sites is 1. The molecule has 0 aliphatic heterocycles. The van der Waals surface area contributed by atoms with Crippen LogP contribution >= 0.6 is 22.6 Å². The lowest BCUT2D eigenvalue weighted by molar-refractivity contribution is 0.579. The molecule has 0 unspecified atom stereocenters. The fourth-order valence-electron chi connectivity index (χ4n) is 1.55. The van der Waals surface area contributed by atoms with Crippen LogP contribution in [0.15, 0.2) is 45.1 Å². The predicted molar refractivity (Wildman–Crippen MR) is 83.6 cm³/mol. The van der Waals surface area contributed by atoms with Crippen LogP contribution in [0.5, 0.6) is 0 Å². The summed E-state index contributed by atoms with van der Waals surface area (Å²) in [5.74, 6) is -0.00839. The van der Waals surface area contributed by atoms with E-state index in [1.165, 1.54) is 4.68 Å². The normalized spacial score (nSPS) is 12.6. The molecule has 20 heavy (non-hydrogen) atoms. The zero-order valence-corrected chi connectivity index (χ0v) is 13.7. The summed E-state index contributed by atoms with van der Waals surface area (Å²) in [5, 5.41) is 10.8. The Hall–Kier alpha value is -1.29. The molecule has 0 spiro atoms. The number of nitrogens with zero attached hydrogens (tertiary/aromatic N) is 4. The number of benzene rings is 1. The van der Waals surface area contributed by atoms with Crippen molar-refractivity contribution in [2.75, 3.05) is 5.75 Å². The van der Waals surface area contributed by atoms with Crippen molar-refractivity contribution in [1.29, 1.82) is 0 Å². The Labute approximate surface area is 130 Å². The smallest absolute Gasteiger partial charge is 0.220 e. The van der Waals surface area contributed by atoms with Crippen LogP contribution in [-0.4, -0.2) is 34.4 Å². The molecule has 2 rings (SSSR count). The number of aromatic nitrogens is 4. The van der Waals surface area contributed by atoms with E-state index in [4.69, 9.17) is 0 Å². The molecule has 106 valence electrons. The van der Waals surface area contributed by atoms with Gasteiger partial charge in [-0.05, 0) is 40.0 Å². The first-order chi connectivity index (χ1) is 9.54. The lowest BCUT2D eigenvalue weighted by atomic mass is 10.3. The molecule has 0 bridgehead atoms. The van der Waals surface area contributed by atoms with Crippen LogP contribution in [0.3, 0.4) is 0 Å². The molecule has 0 aliphatic carbocycles. The SMILES string of the molecule is C/C(=C\I)CCS(=O)(=O)c1nnnn1-c1ccccc1.